The lowest BCUT2D eigenvalue weighted by molar-refractivity contribution is -0.145. The van der Waals surface area contributed by atoms with Crippen LogP contribution in [0.25, 0.3) is 0 Å². The number of hydrogen-bond acceptors (Lipinski definition) is 4. The molecule has 0 N–H and O–H groups in total. The van der Waals surface area contributed by atoms with Crippen molar-refractivity contribution in [2.75, 3.05) is 13.2 Å². The van der Waals surface area contributed by atoms with Crippen molar-refractivity contribution in [1.82, 2.24) is 4.90 Å². The number of ether oxygens (including phenoxy) is 1. The van der Waals surface area contributed by atoms with E-state index in [9.17, 15) is 14.4 Å². The van der Waals surface area contributed by atoms with Gasteiger partial charge in [0.15, 0.2) is 0 Å². The highest BCUT2D eigenvalue weighted by molar-refractivity contribution is 6.12. The molecule has 0 saturated heterocycles. The van der Waals surface area contributed by atoms with Crippen LogP contribution in [0.4, 0.5) is 0 Å². The van der Waals surface area contributed by atoms with E-state index in [0.717, 1.165) is 4.90 Å². The van der Waals surface area contributed by atoms with E-state index in [1.165, 1.54) is 19.1 Å². The van der Waals surface area contributed by atoms with Crippen molar-refractivity contribution in [3.63, 3.8) is 0 Å². The van der Waals surface area contributed by atoms with Gasteiger partial charge in [0, 0.05) is 20.5 Å². The third-order valence-corrected chi connectivity index (χ3v) is 1.52. The molecule has 72 valence electrons. The van der Waals surface area contributed by atoms with Crippen LogP contribution in [0.2, 0.25) is 0 Å². The maximum Gasteiger partial charge on any atom is 0.302 e. The quantitative estimate of drug-likeness (QED) is 0.448. The highest BCUT2D eigenvalue weighted by Gasteiger charge is 2.22. The van der Waals surface area contributed by atoms with Gasteiger partial charge in [0.2, 0.25) is 0 Å². The minimum atomic E-state index is -0.424. The van der Waals surface area contributed by atoms with Gasteiger partial charge in [0.25, 0.3) is 11.8 Å². The van der Waals surface area contributed by atoms with E-state index in [2.05, 4.69) is 4.74 Å². The van der Waals surface area contributed by atoms with E-state index in [1.807, 2.05) is 0 Å². The summed E-state index contributed by atoms with van der Waals surface area (Å²) < 4.78 is 4.59. The molecule has 2 amide bonds. The average molecular weight is 185 g/mol. The molecular weight excluding hydrogens is 174 g/mol. The predicted octanol–water partition coefficient (Wildman–Crippen LogP) is -0.280. The highest BCUT2D eigenvalue weighted by Crippen LogP contribution is 2.02. The predicted molar refractivity (Wildman–Crippen MR) is 44.6 cm³/mol. The Bertz CT molecular complexity index is 269. The summed E-state index contributed by atoms with van der Waals surface area (Å²) >= 11 is 0. The second-order valence-corrected chi connectivity index (χ2v) is 2.50. The van der Waals surface area contributed by atoms with Gasteiger partial charge in [-0.25, -0.2) is 0 Å². The topological polar surface area (TPSA) is 63.7 Å². The Balaban J connectivity index is 0.00000169. The van der Waals surface area contributed by atoms with Gasteiger partial charge >= 0.3 is 5.97 Å². The first kappa shape index (κ1) is 9.44. The number of nitrogens with zero attached hydrogens (tertiary/aromatic N) is 1. The first-order valence-electron chi connectivity index (χ1n) is 3.78. The van der Waals surface area contributed by atoms with Gasteiger partial charge in [-0.3, -0.25) is 19.3 Å². The summed E-state index contributed by atoms with van der Waals surface area (Å²) in [7, 11) is 0. The van der Waals surface area contributed by atoms with Crippen molar-refractivity contribution in [3.8, 4) is 0 Å². The molecule has 0 aromatic heterocycles. The van der Waals surface area contributed by atoms with Gasteiger partial charge in [-0.15, -0.1) is 0 Å². The lowest BCUT2D eigenvalue weighted by Crippen LogP contribution is -2.33. The summed E-state index contributed by atoms with van der Waals surface area (Å²) in [5.74, 6) is -1.15. The van der Waals surface area contributed by atoms with Crippen molar-refractivity contribution in [1.29, 1.82) is 0 Å². The molecule has 0 saturated carbocycles. The minimum absolute atomic E-state index is 0. The fourth-order valence-corrected chi connectivity index (χ4v) is 0.932. The minimum Gasteiger partial charge on any atom is -0.464 e. The molecule has 0 aromatic rings. The molecule has 0 bridgehead atoms. The molecule has 1 rings (SSSR count). The summed E-state index contributed by atoms with van der Waals surface area (Å²) in [5, 5.41) is 0. The number of imide groups is 1. The van der Waals surface area contributed by atoms with Crippen LogP contribution >= 0.6 is 0 Å². The molecule has 0 spiro atoms. The smallest absolute Gasteiger partial charge is 0.302 e. The Hall–Kier alpha value is -1.65. The lowest BCUT2D eigenvalue weighted by Gasteiger charge is -2.12. The van der Waals surface area contributed by atoms with Crippen LogP contribution in [-0.2, 0) is 19.1 Å². The van der Waals surface area contributed by atoms with Crippen LogP contribution in [0.5, 0.6) is 0 Å². The SMILES string of the molecule is CC(=O)OCCN1C(=O)C=CC1=O.[HH]. The zero-order chi connectivity index (χ0) is 9.84. The second kappa shape index (κ2) is 3.84. The molecule has 13 heavy (non-hydrogen) atoms. The molecule has 0 atom stereocenters. The molecule has 0 radical (unpaired) electrons. The number of carbonyl (C=O) groups is 3. The largest absolute Gasteiger partial charge is 0.464 e. The molecule has 0 aromatic carbocycles. The number of hydrogen-bond donors (Lipinski definition) is 0. The van der Waals surface area contributed by atoms with Crippen LogP contribution in [0, 0.1) is 0 Å². The number of carbonyl (C=O) groups excluding carboxylic acids is 3. The average Bonchev–Trinajstić information content (AvgIpc) is 2.34. The Morgan fingerprint density at radius 3 is 2.46 bits per heavy atom. The Morgan fingerprint density at radius 2 is 2.00 bits per heavy atom. The van der Waals surface area contributed by atoms with E-state index in [4.69, 9.17) is 0 Å². The summed E-state index contributed by atoms with van der Waals surface area (Å²) in [4.78, 5) is 33.2. The van der Waals surface area contributed by atoms with E-state index in [0.29, 0.717) is 0 Å². The van der Waals surface area contributed by atoms with Crippen molar-refractivity contribution >= 4 is 17.8 Å². The molecule has 0 aliphatic carbocycles. The van der Waals surface area contributed by atoms with Gasteiger partial charge in [-0.05, 0) is 0 Å². The standard InChI is InChI=1S/C8H9NO4.H2/c1-6(10)13-5-4-9-7(11)2-3-8(9)12;/h2-3H,4-5H2,1H3;1H. The fraction of sp³-hybridized carbons (Fsp3) is 0.375. The third kappa shape index (κ3) is 2.40. The molecule has 5 nitrogen and oxygen atoms in total. The molecule has 5 heteroatoms. The highest BCUT2D eigenvalue weighted by atomic mass is 16.5. The van der Waals surface area contributed by atoms with Gasteiger partial charge in [0.05, 0.1) is 6.54 Å². The van der Waals surface area contributed by atoms with Crippen LogP contribution < -0.4 is 0 Å². The zero-order valence-corrected chi connectivity index (χ0v) is 7.15. The molecular formula is C8H11NO4. The van der Waals surface area contributed by atoms with E-state index in [-0.39, 0.29) is 26.4 Å². The molecule has 0 unspecified atom stereocenters. The maximum atomic E-state index is 10.9. The summed E-state index contributed by atoms with van der Waals surface area (Å²) in [5.41, 5.74) is 0. The third-order valence-electron chi connectivity index (χ3n) is 1.52. The summed E-state index contributed by atoms with van der Waals surface area (Å²) in [6.45, 7) is 1.44. The number of rotatable bonds is 3. The molecule has 1 aliphatic heterocycles. The van der Waals surface area contributed by atoms with Crippen LogP contribution in [0.1, 0.15) is 8.35 Å². The Kier molecular flexibility index (Phi) is 2.79. The summed E-state index contributed by atoms with van der Waals surface area (Å²) in [6.07, 6.45) is 2.38. The Morgan fingerprint density at radius 1 is 1.46 bits per heavy atom. The number of amides is 2. The van der Waals surface area contributed by atoms with E-state index < -0.39 is 5.97 Å². The van der Waals surface area contributed by atoms with Gasteiger partial charge < -0.3 is 4.74 Å². The molecule has 1 heterocycles. The summed E-state index contributed by atoms with van der Waals surface area (Å²) in [6, 6.07) is 0. The monoisotopic (exact) mass is 185 g/mol. The van der Waals surface area contributed by atoms with Crippen LogP contribution in [0.3, 0.4) is 0 Å². The van der Waals surface area contributed by atoms with Crippen molar-refractivity contribution in [2.45, 2.75) is 6.92 Å². The van der Waals surface area contributed by atoms with Crippen molar-refractivity contribution in [3.05, 3.63) is 12.2 Å². The number of esters is 1. The first-order chi connectivity index (χ1) is 6.11. The van der Waals surface area contributed by atoms with Gasteiger partial charge in [-0.1, -0.05) is 0 Å². The van der Waals surface area contributed by atoms with E-state index in [1.54, 1.807) is 0 Å². The van der Waals surface area contributed by atoms with Crippen LogP contribution in [0.15, 0.2) is 12.2 Å². The first-order valence-corrected chi connectivity index (χ1v) is 3.78. The Labute approximate surface area is 76.4 Å². The van der Waals surface area contributed by atoms with E-state index >= 15 is 0 Å². The fourth-order valence-electron chi connectivity index (χ4n) is 0.932. The lowest BCUT2D eigenvalue weighted by atomic mass is 10.5. The zero-order valence-electron chi connectivity index (χ0n) is 7.15. The van der Waals surface area contributed by atoms with Gasteiger partial charge in [-0.2, -0.15) is 0 Å². The molecule has 0 fully saturated rings. The van der Waals surface area contributed by atoms with Crippen molar-refractivity contribution < 1.29 is 20.5 Å². The molecule has 1 aliphatic rings. The van der Waals surface area contributed by atoms with Crippen LogP contribution in [-0.4, -0.2) is 35.8 Å². The van der Waals surface area contributed by atoms with Gasteiger partial charge in [0.1, 0.15) is 6.61 Å². The normalized spacial score (nSPS) is 15.3. The maximum absolute atomic E-state index is 10.9. The van der Waals surface area contributed by atoms with Crippen molar-refractivity contribution in [2.24, 2.45) is 0 Å². The second-order valence-electron chi connectivity index (χ2n) is 2.50.